The highest BCUT2D eigenvalue weighted by atomic mass is 35.5. The first-order chi connectivity index (χ1) is 7.63. The second kappa shape index (κ2) is 6.28. The summed E-state index contributed by atoms with van der Waals surface area (Å²) in [5.74, 6) is -0.178. The fourth-order valence-electron chi connectivity index (χ4n) is 1.25. The molecule has 0 radical (unpaired) electrons. The molecule has 1 atom stereocenters. The number of amides is 1. The van der Waals surface area contributed by atoms with Crippen LogP contribution in [0.4, 0.5) is 0 Å². The minimum absolute atomic E-state index is 0.0292. The van der Waals surface area contributed by atoms with Crippen molar-refractivity contribution in [1.29, 1.82) is 5.41 Å². The van der Waals surface area contributed by atoms with Gasteiger partial charge in [-0.15, -0.1) is 0 Å². The number of nitrogens with one attached hydrogen (secondary N) is 2. The first-order valence-corrected chi connectivity index (χ1v) is 5.52. The molecule has 3 nitrogen and oxygen atoms in total. The van der Waals surface area contributed by atoms with E-state index in [1.807, 2.05) is 19.1 Å². The second-order valence-electron chi connectivity index (χ2n) is 3.69. The number of carbonyl (C=O) groups excluding carboxylic acids is 1. The van der Waals surface area contributed by atoms with Gasteiger partial charge in [-0.05, 0) is 30.3 Å². The smallest absolute Gasteiger partial charge is 0.223 e. The van der Waals surface area contributed by atoms with E-state index in [2.05, 4.69) is 5.32 Å². The summed E-state index contributed by atoms with van der Waals surface area (Å²) in [6.07, 6.45) is 1.74. The molecule has 1 amide bonds. The van der Waals surface area contributed by atoms with Crippen molar-refractivity contribution >= 4 is 23.7 Å². The van der Waals surface area contributed by atoms with Crippen molar-refractivity contribution in [3.8, 4) is 0 Å². The highest BCUT2D eigenvalue weighted by Gasteiger charge is 2.10. The van der Waals surface area contributed by atoms with Crippen molar-refractivity contribution in [1.82, 2.24) is 5.32 Å². The zero-order chi connectivity index (χ0) is 12.0. The Bertz CT molecular complexity index is 362. The first-order valence-electron chi connectivity index (χ1n) is 5.14. The highest BCUT2D eigenvalue weighted by Crippen LogP contribution is 2.09. The molecule has 2 N–H and O–H groups in total. The number of hydrogen-bond donors (Lipinski definition) is 2. The Balaban J connectivity index is 2.42. The second-order valence-corrected chi connectivity index (χ2v) is 4.12. The van der Waals surface area contributed by atoms with Crippen LogP contribution in [0.25, 0.3) is 0 Å². The number of halogens is 1. The molecule has 0 aliphatic carbocycles. The van der Waals surface area contributed by atoms with Crippen LogP contribution in [0.2, 0.25) is 5.02 Å². The van der Waals surface area contributed by atoms with Gasteiger partial charge < -0.3 is 10.7 Å². The number of hydrogen-bond acceptors (Lipinski definition) is 2. The van der Waals surface area contributed by atoms with Gasteiger partial charge in [-0.3, -0.25) is 4.79 Å². The van der Waals surface area contributed by atoms with Crippen molar-refractivity contribution < 1.29 is 4.79 Å². The molecule has 1 rings (SSSR count). The monoisotopic (exact) mass is 238 g/mol. The van der Waals surface area contributed by atoms with Crippen LogP contribution in [-0.4, -0.2) is 12.1 Å². The largest absolute Gasteiger partial charge is 0.352 e. The summed E-state index contributed by atoms with van der Waals surface area (Å²) in [4.78, 5) is 11.5. The third kappa shape index (κ3) is 4.03. The molecule has 0 aliphatic rings. The van der Waals surface area contributed by atoms with Gasteiger partial charge in [0.05, 0.1) is 0 Å². The molecule has 16 heavy (non-hydrogen) atoms. The molecule has 86 valence electrons. The van der Waals surface area contributed by atoms with Crippen LogP contribution < -0.4 is 5.32 Å². The van der Waals surface area contributed by atoms with E-state index < -0.39 is 0 Å². The number of benzene rings is 1. The predicted octanol–water partition coefficient (Wildman–Crippen LogP) is 2.63. The lowest BCUT2D eigenvalue weighted by Crippen LogP contribution is -2.28. The van der Waals surface area contributed by atoms with Crippen LogP contribution in [0.15, 0.2) is 24.3 Å². The maximum Gasteiger partial charge on any atom is 0.223 e. The Kier molecular flexibility index (Phi) is 4.99. The van der Waals surface area contributed by atoms with Gasteiger partial charge in [0.2, 0.25) is 5.91 Å². The highest BCUT2D eigenvalue weighted by molar-refractivity contribution is 6.30. The summed E-state index contributed by atoms with van der Waals surface area (Å²) in [5.41, 5.74) is 1.01. The Morgan fingerprint density at radius 1 is 1.50 bits per heavy atom. The van der Waals surface area contributed by atoms with Gasteiger partial charge in [-0.2, -0.15) is 0 Å². The molecule has 4 heteroatoms. The summed E-state index contributed by atoms with van der Waals surface area (Å²) < 4.78 is 0. The fourth-order valence-corrected chi connectivity index (χ4v) is 1.38. The van der Waals surface area contributed by atoms with Crippen molar-refractivity contribution in [2.24, 2.45) is 5.92 Å². The van der Waals surface area contributed by atoms with Crippen molar-refractivity contribution in [3.63, 3.8) is 0 Å². The van der Waals surface area contributed by atoms with Gasteiger partial charge in [-0.25, -0.2) is 0 Å². The van der Waals surface area contributed by atoms with E-state index in [0.29, 0.717) is 18.0 Å². The van der Waals surface area contributed by atoms with E-state index in [4.69, 9.17) is 17.0 Å². The van der Waals surface area contributed by atoms with E-state index in [1.165, 1.54) is 6.21 Å². The molecule has 0 spiro atoms. The van der Waals surface area contributed by atoms with Crippen molar-refractivity contribution in [2.75, 3.05) is 0 Å². The van der Waals surface area contributed by atoms with E-state index in [0.717, 1.165) is 5.56 Å². The predicted molar refractivity (Wildman–Crippen MR) is 65.9 cm³/mol. The third-order valence-corrected chi connectivity index (χ3v) is 2.55. The quantitative estimate of drug-likeness (QED) is 0.762. The normalized spacial score (nSPS) is 11.9. The molecule has 0 aliphatic heterocycles. The standard InChI is InChI=1S/C12H15ClN2O/c1-9(6-7-14)12(16)15-8-10-2-4-11(13)5-3-10/h2-5,7,9,14H,6,8H2,1H3,(H,15,16). The average molecular weight is 239 g/mol. The summed E-state index contributed by atoms with van der Waals surface area (Å²) in [6, 6.07) is 7.35. The van der Waals surface area contributed by atoms with Crippen LogP contribution in [0, 0.1) is 11.3 Å². The van der Waals surface area contributed by atoms with Gasteiger partial charge in [0.15, 0.2) is 0 Å². The lowest BCUT2D eigenvalue weighted by atomic mass is 10.1. The van der Waals surface area contributed by atoms with Crippen LogP contribution in [0.3, 0.4) is 0 Å². The number of rotatable bonds is 5. The lowest BCUT2D eigenvalue weighted by Gasteiger charge is -2.09. The topological polar surface area (TPSA) is 53.0 Å². The van der Waals surface area contributed by atoms with Gasteiger partial charge >= 0.3 is 0 Å². The maximum atomic E-state index is 11.5. The molecule has 1 unspecified atom stereocenters. The zero-order valence-corrected chi connectivity index (χ0v) is 9.92. The number of carbonyl (C=O) groups is 1. The lowest BCUT2D eigenvalue weighted by molar-refractivity contribution is -0.124. The van der Waals surface area contributed by atoms with Gasteiger partial charge in [0.1, 0.15) is 0 Å². The molecule has 0 saturated carbocycles. The zero-order valence-electron chi connectivity index (χ0n) is 9.16. The molecular formula is C12H15ClN2O. The van der Waals surface area contributed by atoms with Crippen LogP contribution in [0.1, 0.15) is 18.9 Å². The molecule has 1 aromatic rings. The first kappa shape index (κ1) is 12.7. The summed E-state index contributed by atoms with van der Waals surface area (Å²) in [5, 5.41) is 10.4. The Morgan fingerprint density at radius 2 is 2.12 bits per heavy atom. The maximum absolute atomic E-state index is 11.5. The molecule has 0 fully saturated rings. The van der Waals surface area contributed by atoms with Gasteiger partial charge in [-0.1, -0.05) is 30.7 Å². The minimum Gasteiger partial charge on any atom is -0.352 e. The van der Waals surface area contributed by atoms with E-state index in [-0.39, 0.29) is 11.8 Å². The Morgan fingerprint density at radius 3 is 2.69 bits per heavy atom. The minimum atomic E-state index is -0.148. The van der Waals surface area contributed by atoms with E-state index in [1.54, 1.807) is 12.1 Å². The molecule has 0 bridgehead atoms. The van der Waals surface area contributed by atoms with E-state index in [9.17, 15) is 4.79 Å². The SMILES string of the molecule is CC(CC=N)C(=O)NCc1ccc(Cl)cc1. The van der Waals surface area contributed by atoms with Gasteiger partial charge in [0, 0.05) is 17.5 Å². The van der Waals surface area contributed by atoms with Crippen molar-refractivity contribution in [2.45, 2.75) is 19.9 Å². The molecule has 0 aromatic heterocycles. The van der Waals surface area contributed by atoms with Crippen LogP contribution in [0.5, 0.6) is 0 Å². The molecular weight excluding hydrogens is 224 g/mol. The molecule has 1 aromatic carbocycles. The fraction of sp³-hybridized carbons (Fsp3) is 0.333. The molecule has 0 saturated heterocycles. The van der Waals surface area contributed by atoms with Crippen molar-refractivity contribution in [3.05, 3.63) is 34.9 Å². The average Bonchev–Trinajstić information content (AvgIpc) is 2.28. The van der Waals surface area contributed by atoms with Gasteiger partial charge in [0.25, 0.3) is 0 Å². The summed E-state index contributed by atoms with van der Waals surface area (Å²) >= 11 is 5.75. The van der Waals surface area contributed by atoms with Crippen LogP contribution in [-0.2, 0) is 11.3 Å². The summed E-state index contributed by atoms with van der Waals surface area (Å²) in [6.45, 7) is 2.31. The third-order valence-electron chi connectivity index (χ3n) is 2.30. The molecule has 0 heterocycles. The van der Waals surface area contributed by atoms with Crippen LogP contribution >= 0.6 is 11.6 Å². The van der Waals surface area contributed by atoms with E-state index >= 15 is 0 Å². The summed E-state index contributed by atoms with van der Waals surface area (Å²) in [7, 11) is 0. The Labute approximate surface area is 100 Å². The Hall–Kier alpha value is -1.35.